The standard InChI is InChI=1S/C6H14N2O/c1-4-6(9-2)5(7)3-8-4/h4-6,8H,3,7H2,1-2H3/t4-,5-,6-/m1/s1. The van der Waals surface area contributed by atoms with Crippen molar-refractivity contribution in [2.45, 2.75) is 25.1 Å². The van der Waals surface area contributed by atoms with Crippen molar-refractivity contribution < 1.29 is 4.74 Å². The fraction of sp³-hybridized carbons (Fsp3) is 1.00. The number of ether oxygens (including phenoxy) is 1. The fourth-order valence-electron chi connectivity index (χ4n) is 1.30. The summed E-state index contributed by atoms with van der Waals surface area (Å²) in [6.07, 6.45) is 0.199. The van der Waals surface area contributed by atoms with Gasteiger partial charge in [0.2, 0.25) is 0 Å². The van der Waals surface area contributed by atoms with Crippen LogP contribution in [0.25, 0.3) is 0 Å². The number of hydrogen-bond donors (Lipinski definition) is 2. The van der Waals surface area contributed by atoms with Crippen LogP contribution in [0, 0.1) is 0 Å². The average molecular weight is 130 g/mol. The zero-order valence-corrected chi connectivity index (χ0v) is 5.92. The molecule has 3 nitrogen and oxygen atoms in total. The summed E-state index contributed by atoms with van der Waals surface area (Å²) in [5.74, 6) is 0. The molecule has 0 aliphatic carbocycles. The first-order chi connectivity index (χ1) is 4.25. The average Bonchev–Trinajstić information content (AvgIpc) is 2.12. The van der Waals surface area contributed by atoms with Crippen LogP contribution in [0.4, 0.5) is 0 Å². The Balaban J connectivity index is 2.44. The lowest BCUT2D eigenvalue weighted by atomic mass is 10.1. The molecule has 3 heteroatoms. The molecule has 0 aromatic rings. The van der Waals surface area contributed by atoms with Gasteiger partial charge in [-0.2, -0.15) is 0 Å². The van der Waals surface area contributed by atoms with E-state index in [4.69, 9.17) is 10.5 Å². The van der Waals surface area contributed by atoms with Gasteiger partial charge in [0, 0.05) is 25.7 Å². The molecule has 0 aromatic carbocycles. The minimum absolute atomic E-state index is 0.171. The Kier molecular flexibility index (Phi) is 2.05. The Bertz CT molecular complexity index is 87.1. The van der Waals surface area contributed by atoms with Crippen molar-refractivity contribution in [1.82, 2.24) is 5.32 Å². The zero-order chi connectivity index (χ0) is 6.85. The molecule has 0 unspecified atom stereocenters. The highest BCUT2D eigenvalue weighted by Gasteiger charge is 2.29. The minimum atomic E-state index is 0.171. The molecule has 0 aromatic heterocycles. The Labute approximate surface area is 55.6 Å². The molecule has 9 heavy (non-hydrogen) atoms. The van der Waals surface area contributed by atoms with Crippen molar-refractivity contribution in [1.29, 1.82) is 0 Å². The Hall–Kier alpha value is -0.120. The second-order valence-electron chi connectivity index (χ2n) is 2.56. The summed E-state index contributed by atoms with van der Waals surface area (Å²) in [6, 6.07) is 0.579. The third kappa shape index (κ3) is 1.23. The molecule has 1 saturated heterocycles. The summed E-state index contributed by atoms with van der Waals surface area (Å²) in [4.78, 5) is 0. The lowest BCUT2D eigenvalue weighted by molar-refractivity contribution is 0.0852. The molecule has 0 amide bonds. The van der Waals surface area contributed by atoms with Crippen LogP contribution < -0.4 is 11.1 Å². The highest BCUT2D eigenvalue weighted by Crippen LogP contribution is 2.07. The van der Waals surface area contributed by atoms with E-state index in [0.29, 0.717) is 6.04 Å². The second kappa shape index (κ2) is 2.64. The van der Waals surface area contributed by atoms with Gasteiger partial charge in [0.25, 0.3) is 0 Å². The first-order valence-corrected chi connectivity index (χ1v) is 3.27. The topological polar surface area (TPSA) is 47.3 Å². The second-order valence-corrected chi connectivity index (χ2v) is 2.56. The molecule has 1 aliphatic rings. The lowest BCUT2D eigenvalue weighted by Gasteiger charge is -2.15. The predicted molar refractivity (Wildman–Crippen MR) is 36.2 cm³/mol. The van der Waals surface area contributed by atoms with E-state index in [9.17, 15) is 0 Å². The highest BCUT2D eigenvalue weighted by molar-refractivity contribution is 4.91. The number of methoxy groups -OCH3 is 1. The molecule has 1 aliphatic heterocycles. The molecule has 1 rings (SSSR count). The summed E-state index contributed by atoms with van der Waals surface area (Å²) in [5.41, 5.74) is 5.69. The van der Waals surface area contributed by atoms with E-state index in [-0.39, 0.29) is 12.1 Å². The number of rotatable bonds is 1. The van der Waals surface area contributed by atoms with Crippen molar-refractivity contribution >= 4 is 0 Å². The lowest BCUT2D eigenvalue weighted by Crippen LogP contribution is -2.37. The van der Waals surface area contributed by atoms with Crippen molar-refractivity contribution in [3.63, 3.8) is 0 Å². The SMILES string of the molecule is CO[C@H]1[C@H](N)CN[C@@H]1C. The van der Waals surface area contributed by atoms with Gasteiger partial charge in [0.15, 0.2) is 0 Å². The third-order valence-electron chi connectivity index (χ3n) is 1.86. The minimum Gasteiger partial charge on any atom is -0.378 e. The molecule has 3 atom stereocenters. The maximum Gasteiger partial charge on any atom is 0.0884 e. The number of nitrogens with one attached hydrogen (secondary N) is 1. The van der Waals surface area contributed by atoms with Gasteiger partial charge in [-0.25, -0.2) is 0 Å². The molecule has 0 spiro atoms. The van der Waals surface area contributed by atoms with Gasteiger partial charge < -0.3 is 15.8 Å². The van der Waals surface area contributed by atoms with Crippen molar-refractivity contribution in [2.75, 3.05) is 13.7 Å². The van der Waals surface area contributed by atoms with E-state index in [0.717, 1.165) is 6.54 Å². The summed E-state index contributed by atoms with van der Waals surface area (Å²) >= 11 is 0. The number of nitrogens with two attached hydrogens (primary N) is 1. The van der Waals surface area contributed by atoms with Gasteiger partial charge in [-0.05, 0) is 6.92 Å². The normalized spacial score (nSPS) is 43.7. The molecule has 0 radical (unpaired) electrons. The van der Waals surface area contributed by atoms with Gasteiger partial charge in [-0.3, -0.25) is 0 Å². The fourth-order valence-corrected chi connectivity index (χ4v) is 1.30. The van der Waals surface area contributed by atoms with E-state index in [1.54, 1.807) is 7.11 Å². The summed E-state index contributed by atoms with van der Waals surface area (Å²) in [7, 11) is 1.70. The first kappa shape index (κ1) is 6.99. The number of hydrogen-bond acceptors (Lipinski definition) is 3. The van der Waals surface area contributed by atoms with E-state index >= 15 is 0 Å². The third-order valence-corrected chi connectivity index (χ3v) is 1.86. The molecule has 1 fully saturated rings. The quantitative estimate of drug-likeness (QED) is 0.494. The van der Waals surface area contributed by atoms with Crippen LogP contribution in [-0.2, 0) is 4.74 Å². The van der Waals surface area contributed by atoms with Gasteiger partial charge in [-0.1, -0.05) is 0 Å². The zero-order valence-electron chi connectivity index (χ0n) is 5.92. The van der Waals surface area contributed by atoms with E-state index in [1.165, 1.54) is 0 Å². The Morgan fingerprint density at radius 2 is 2.33 bits per heavy atom. The summed E-state index contributed by atoms with van der Waals surface area (Å²) < 4.78 is 5.15. The van der Waals surface area contributed by atoms with Gasteiger partial charge in [0.05, 0.1) is 6.10 Å². The molecule has 3 N–H and O–H groups in total. The molecule has 0 bridgehead atoms. The van der Waals surface area contributed by atoms with Gasteiger partial charge in [0.1, 0.15) is 0 Å². The van der Waals surface area contributed by atoms with Crippen LogP contribution in [-0.4, -0.2) is 31.8 Å². The maximum absolute atomic E-state index is 5.69. The largest absolute Gasteiger partial charge is 0.378 e. The van der Waals surface area contributed by atoms with Crippen LogP contribution in [0.1, 0.15) is 6.92 Å². The highest BCUT2D eigenvalue weighted by atomic mass is 16.5. The molecular formula is C6H14N2O. The molecule has 54 valence electrons. The van der Waals surface area contributed by atoms with Crippen LogP contribution in [0.15, 0.2) is 0 Å². The van der Waals surface area contributed by atoms with E-state index < -0.39 is 0 Å². The maximum atomic E-state index is 5.69. The van der Waals surface area contributed by atoms with Crippen molar-refractivity contribution in [3.05, 3.63) is 0 Å². The summed E-state index contributed by atoms with van der Waals surface area (Å²) in [6.45, 7) is 2.96. The van der Waals surface area contributed by atoms with Crippen molar-refractivity contribution in [3.8, 4) is 0 Å². The van der Waals surface area contributed by atoms with Crippen LogP contribution in [0.5, 0.6) is 0 Å². The molecule has 0 saturated carbocycles. The Morgan fingerprint density at radius 1 is 1.67 bits per heavy atom. The van der Waals surface area contributed by atoms with Crippen LogP contribution in [0.2, 0.25) is 0 Å². The summed E-state index contributed by atoms with van der Waals surface area (Å²) in [5, 5.41) is 3.22. The van der Waals surface area contributed by atoms with E-state index in [1.807, 2.05) is 0 Å². The van der Waals surface area contributed by atoms with Crippen LogP contribution >= 0.6 is 0 Å². The first-order valence-electron chi connectivity index (χ1n) is 3.27. The van der Waals surface area contributed by atoms with Gasteiger partial charge >= 0.3 is 0 Å². The van der Waals surface area contributed by atoms with E-state index in [2.05, 4.69) is 12.2 Å². The van der Waals surface area contributed by atoms with Crippen molar-refractivity contribution in [2.24, 2.45) is 5.73 Å². The molecule has 1 heterocycles. The van der Waals surface area contributed by atoms with Gasteiger partial charge in [-0.15, -0.1) is 0 Å². The monoisotopic (exact) mass is 130 g/mol. The smallest absolute Gasteiger partial charge is 0.0884 e. The predicted octanol–water partition coefficient (Wildman–Crippen LogP) is -0.680. The molecular weight excluding hydrogens is 116 g/mol. The van der Waals surface area contributed by atoms with Crippen LogP contribution in [0.3, 0.4) is 0 Å². The Morgan fingerprint density at radius 3 is 2.56 bits per heavy atom.